The largest absolute Gasteiger partial charge is 0.443 e. The Morgan fingerprint density at radius 2 is 2.17 bits per heavy atom. The quantitative estimate of drug-likeness (QED) is 0.582. The SMILES string of the molecule is CC(C)(C)OC(=O)NNC1CCCN(c2ccc(Cl)cc2N)C1. The molecule has 1 atom stereocenters. The van der Waals surface area contributed by atoms with Gasteiger partial charge in [0.15, 0.2) is 0 Å². The number of nitrogens with two attached hydrogens (primary N) is 1. The Hall–Kier alpha value is -1.66. The van der Waals surface area contributed by atoms with Gasteiger partial charge in [0.2, 0.25) is 0 Å². The lowest BCUT2D eigenvalue weighted by Gasteiger charge is -2.35. The standard InChI is InChI=1S/C16H25ClN4O2/c1-16(2,3)23-15(22)20-19-12-5-4-8-21(10-12)14-7-6-11(17)9-13(14)18/h6-7,9,12,19H,4-5,8,10,18H2,1-3H3,(H,20,22). The number of carbonyl (C=O) groups is 1. The Morgan fingerprint density at radius 3 is 2.83 bits per heavy atom. The van der Waals surface area contributed by atoms with E-state index in [0.29, 0.717) is 10.7 Å². The summed E-state index contributed by atoms with van der Waals surface area (Å²) in [4.78, 5) is 13.9. The van der Waals surface area contributed by atoms with Gasteiger partial charge in [-0.05, 0) is 51.8 Å². The average Bonchev–Trinajstić information content (AvgIpc) is 2.43. The van der Waals surface area contributed by atoms with E-state index >= 15 is 0 Å². The number of carbonyl (C=O) groups excluding carboxylic acids is 1. The molecule has 6 nitrogen and oxygen atoms in total. The summed E-state index contributed by atoms with van der Waals surface area (Å²) in [5.41, 5.74) is 12.8. The van der Waals surface area contributed by atoms with Crippen molar-refractivity contribution in [3.63, 3.8) is 0 Å². The molecule has 1 saturated heterocycles. The molecule has 0 aliphatic carbocycles. The summed E-state index contributed by atoms with van der Waals surface area (Å²) in [6.45, 7) is 7.17. The Morgan fingerprint density at radius 1 is 1.43 bits per heavy atom. The fraction of sp³-hybridized carbons (Fsp3) is 0.562. The molecule has 7 heteroatoms. The lowest BCUT2D eigenvalue weighted by molar-refractivity contribution is 0.0485. The Bertz CT molecular complexity index is 560. The van der Waals surface area contributed by atoms with E-state index in [0.717, 1.165) is 31.6 Å². The first-order valence-electron chi connectivity index (χ1n) is 7.79. The molecule has 23 heavy (non-hydrogen) atoms. The van der Waals surface area contributed by atoms with Crippen molar-refractivity contribution in [2.24, 2.45) is 0 Å². The summed E-state index contributed by atoms with van der Waals surface area (Å²) in [6, 6.07) is 5.66. The number of hydrogen-bond donors (Lipinski definition) is 3. The van der Waals surface area contributed by atoms with E-state index in [4.69, 9.17) is 22.1 Å². The maximum atomic E-state index is 11.7. The molecule has 0 bridgehead atoms. The summed E-state index contributed by atoms with van der Waals surface area (Å²) < 4.78 is 5.21. The molecule has 1 aromatic carbocycles. The third kappa shape index (κ3) is 5.48. The summed E-state index contributed by atoms with van der Waals surface area (Å²) in [5.74, 6) is 0. The van der Waals surface area contributed by atoms with Crippen molar-refractivity contribution in [3.8, 4) is 0 Å². The van der Waals surface area contributed by atoms with E-state index in [1.54, 1.807) is 6.07 Å². The Kier molecular flexibility index (Phi) is 5.59. The lowest BCUT2D eigenvalue weighted by atomic mass is 10.1. The minimum Gasteiger partial charge on any atom is -0.443 e. The highest BCUT2D eigenvalue weighted by atomic mass is 35.5. The highest BCUT2D eigenvalue weighted by Gasteiger charge is 2.23. The van der Waals surface area contributed by atoms with Crippen LogP contribution in [0.3, 0.4) is 0 Å². The van der Waals surface area contributed by atoms with Crippen LogP contribution in [0.15, 0.2) is 18.2 Å². The van der Waals surface area contributed by atoms with Crippen LogP contribution in [0.2, 0.25) is 5.02 Å². The van der Waals surface area contributed by atoms with Gasteiger partial charge in [-0.25, -0.2) is 10.2 Å². The van der Waals surface area contributed by atoms with Gasteiger partial charge in [0.25, 0.3) is 0 Å². The maximum Gasteiger partial charge on any atom is 0.422 e. The van der Waals surface area contributed by atoms with Crippen LogP contribution in [0.25, 0.3) is 0 Å². The minimum atomic E-state index is -0.512. The number of hydrogen-bond acceptors (Lipinski definition) is 5. The number of rotatable bonds is 3. The lowest BCUT2D eigenvalue weighted by Crippen LogP contribution is -2.53. The number of nitrogen functional groups attached to an aromatic ring is 1. The van der Waals surface area contributed by atoms with Crippen molar-refractivity contribution >= 4 is 29.1 Å². The second-order valence-electron chi connectivity index (χ2n) is 6.76. The molecule has 1 unspecified atom stereocenters. The zero-order valence-corrected chi connectivity index (χ0v) is 14.6. The van der Waals surface area contributed by atoms with Crippen LogP contribution in [0.4, 0.5) is 16.2 Å². The molecule has 2 rings (SSSR count). The fourth-order valence-corrected chi connectivity index (χ4v) is 2.77. The summed E-state index contributed by atoms with van der Waals surface area (Å²) in [5, 5.41) is 0.629. The first-order valence-corrected chi connectivity index (χ1v) is 8.17. The van der Waals surface area contributed by atoms with Gasteiger partial charge < -0.3 is 15.4 Å². The molecule has 4 N–H and O–H groups in total. The predicted molar refractivity (Wildman–Crippen MR) is 93.6 cm³/mol. The van der Waals surface area contributed by atoms with Gasteiger partial charge in [0.1, 0.15) is 5.60 Å². The minimum absolute atomic E-state index is 0.131. The molecular weight excluding hydrogens is 316 g/mol. The van der Waals surface area contributed by atoms with Crippen LogP contribution in [0, 0.1) is 0 Å². The molecule has 0 radical (unpaired) electrons. The van der Waals surface area contributed by atoms with Gasteiger partial charge in [0.05, 0.1) is 11.4 Å². The number of hydrazine groups is 1. The van der Waals surface area contributed by atoms with E-state index in [-0.39, 0.29) is 6.04 Å². The first-order chi connectivity index (χ1) is 10.7. The smallest absolute Gasteiger partial charge is 0.422 e. The van der Waals surface area contributed by atoms with E-state index in [1.807, 2.05) is 32.9 Å². The topological polar surface area (TPSA) is 79.6 Å². The molecule has 1 aliphatic heterocycles. The molecular formula is C16H25ClN4O2. The Labute approximate surface area is 142 Å². The zero-order valence-electron chi connectivity index (χ0n) is 13.9. The van der Waals surface area contributed by atoms with Crippen LogP contribution < -0.4 is 21.5 Å². The van der Waals surface area contributed by atoms with E-state index in [2.05, 4.69) is 15.8 Å². The molecule has 0 saturated carbocycles. The molecule has 0 spiro atoms. The van der Waals surface area contributed by atoms with Crippen molar-refractivity contribution in [3.05, 3.63) is 23.2 Å². The number of amides is 1. The summed E-state index contributed by atoms with van der Waals surface area (Å²) in [6.07, 6.45) is 1.51. The van der Waals surface area contributed by atoms with Gasteiger partial charge >= 0.3 is 6.09 Å². The average molecular weight is 341 g/mol. The molecule has 1 aliphatic rings. The van der Waals surface area contributed by atoms with E-state index < -0.39 is 11.7 Å². The third-order valence-electron chi connectivity index (χ3n) is 3.53. The predicted octanol–water partition coefficient (Wildman–Crippen LogP) is 2.92. The second kappa shape index (κ2) is 7.27. The van der Waals surface area contributed by atoms with Crippen molar-refractivity contribution in [2.45, 2.75) is 45.3 Å². The number of halogens is 1. The maximum absolute atomic E-state index is 11.7. The first kappa shape index (κ1) is 17.7. The highest BCUT2D eigenvalue weighted by Crippen LogP contribution is 2.28. The number of ether oxygens (including phenoxy) is 1. The molecule has 0 aromatic heterocycles. The van der Waals surface area contributed by atoms with Gasteiger partial charge in [-0.2, -0.15) is 0 Å². The van der Waals surface area contributed by atoms with Crippen molar-refractivity contribution in [1.29, 1.82) is 0 Å². The molecule has 1 heterocycles. The van der Waals surface area contributed by atoms with E-state index in [9.17, 15) is 4.79 Å². The highest BCUT2D eigenvalue weighted by molar-refractivity contribution is 6.31. The van der Waals surface area contributed by atoms with Gasteiger partial charge in [0, 0.05) is 24.2 Å². The number of anilines is 2. The third-order valence-corrected chi connectivity index (χ3v) is 3.76. The van der Waals surface area contributed by atoms with Crippen LogP contribution in [-0.4, -0.2) is 30.8 Å². The van der Waals surface area contributed by atoms with Crippen LogP contribution in [0.1, 0.15) is 33.6 Å². The van der Waals surface area contributed by atoms with Gasteiger partial charge in [-0.3, -0.25) is 5.43 Å². The zero-order chi connectivity index (χ0) is 17.0. The van der Waals surface area contributed by atoms with E-state index in [1.165, 1.54) is 0 Å². The van der Waals surface area contributed by atoms with Gasteiger partial charge in [-0.15, -0.1) is 0 Å². The van der Waals surface area contributed by atoms with Crippen LogP contribution >= 0.6 is 11.6 Å². The molecule has 1 aromatic rings. The molecule has 1 amide bonds. The summed E-state index contributed by atoms with van der Waals surface area (Å²) >= 11 is 5.95. The normalized spacial score (nSPS) is 18.6. The van der Waals surface area contributed by atoms with Crippen LogP contribution in [-0.2, 0) is 4.74 Å². The molecule has 1 fully saturated rings. The van der Waals surface area contributed by atoms with Crippen LogP contribution in [0.5, 0.6) is 0 Å². The molecule has 128 valence electrons. The number of benzene rings is 1. The van der Waals surface area contributed by atoms with Crippen molar-refractivity contribution in [2.75, 3.05) is 23.7 Å². The van der Waals surface area contributed by atoms with Crippen molar-refractivity contribution in [1.82, 2.24) is 10.9 Å². The fourth-order valence-electron chi connectivity index (χ4n) is 2.59. The van der Waals surface area contributed by atoms with Crippen molar-refractivity contribution < 1.29 is 9.53 Å². The summed E-state index contributed by atoms with van der Waals surface area (Å²) in [7, 11) is 0. The monoisotopic (exact) mass is 340 g/mol. The number of nitrogens with one attached hydrogen (secondary N) is 2. The van der Waals surface area contributed by atoms with Gasteiger partial charge in [-0.1, -0.05) is 11.6 Å². The number of piperidine rings is 1. The second-order valence-corrected chi connectivity index (χ2v) is 7.20. The number of nitrogens with zero attached hydrogens (tertiary/aromatic N) is 1. The Balaban J connectivity index is 1.89.